The van der Waals surface area contributed by atoms with Crippen LogP contribution in [0, 0.1) is 13.8 Å². The molecule has 0 fully saturated rings. The Morgan fingerprint density at radius 3 is 1.22 bits per heavy atom. The minimum absolute atomic E-state index is 1.22. The molecule has 0 saturated heterocycles. The minimum atomic E-state index is 1.22. The van der Waals surface area contributed by atoms with Crippen molar-refractivity contribution in [2.45, 2.75) is 195 Å². The van der Waals surface area contributed by atoms with Gasteiger partial charge in [-0.3, -0.25) is 0 Å². The Hall–Kier alpha value is -0.850. The lowest BCUT2D eigenvalue weighted by Gasteiger charge is -2.09. The predicted molar refractivity (Wildman–Crippen MR) is 162 cm³/mol. The molecule has 0 aliphatic heterocycles. The van der Waals surface area contributed by atoms with Crippen molar-refractivity contribution in [3.05, 3.63) is 29.1 Å². The molecule has 0 N–H and O–H groups in total. The van der Waals surface area contributed by atoms with Crippen molar-refractivity contribution in [2.75, 3.05) is 0 Å². The van der Waals surface area contributed by atoms with Gasteiger partial charge in [-0.2, -0.15) is 0 Å². The Labute approximate surface area is 228 Å². The van der Waals surface area contributed by atoms with Crippen LogP contribution in [0.15, 0.2) is 12.1 Å². The van der Waals surface area contributed by atoms with E-state index in [9.17, 15) is 0 Å². The molecule has 210 valence electrons. The summed E-state index contributed by atoms with van der Waals surface area (Å²) in [7, 11) is 0. The summed E-state index contributed by atoms with van der Waals surface area (Å²) in [5.41, 5.74) is 4.49. The van der Waals surface area contributed by atoms with Crippen molar-refractivity contribution >= 4 is 0 Å². The van der Waals surface area contributed by atoms with E-state index in [1.54, 1.807) is 5.69 Å². The van der Waals surface area contributed by atoms with Crippen LogP contribution in [0.2, 0.25) is 0 Å². The molecule has 0 aliphatic carbocycles. The molecule has 0 radical (unpaired) electrons. The third-order valence-corrected chi connectivity index (χ3v) is 8.13. The number of hydrogen-bond acceptors (Lipinski definition) is 0. The predicted octanol–water partition coefficient (Wildman–Crippen LogP) is 11.5. The second-order valence-corrected chi connectivity index (χ2v) is 11.8. The monoisotopic (exact) mass is 501 g/mol. The summed E-state index contributed by atoms with van der Waals surface area (Å²) in [5, 5.41) is 0. The van der Waals surface area contributed by atoms with Crippen molar-refractivity contribution in [3.8, 4) is 0 Å². The average Bonchev–Trinajstić information content (AvgIpc) is 2.86. The Balaban J connectivity index is 2.12. The molecule has 0 amide bonds. The van der Waals surface area contributed by atoms with E-state index in [2.05, 4.69) is 44.4 Å². The number of rotatable bonds is 26. The van der Waals surface area contributed by atoms with Gasteiger partial charge in [0, 0.05) is 31.9 Å². The maximum Gasteiger partial charge on any atom is 0.181 e. The van der Waals surface area contributed by atoms with Gasteiger partial charge in [0.2, 0.25) is 0 Å². The average molecular weight is 501 g/mol. The molecule has 36 heavy (non-hydrogen) atoms. The number of nitrogens with zero attached hydrogens (tertiary/aromatic N) is 1. The standard InChI is InChI=1S/C35H66N/c1-5-7-9-11-13-15-17-19-21-23-25-27-29-35-32-33(3)31-34(4)36(35)30-28-26-24-22-20-18-16-14-12-10-8-6-2/h31-32H,5-30H2,1-4H3/q+1. The van der Waals surface area contributed by atoms with Crippen LogP contribution in [0.5, 0.6) is 0 Å². The first-order valence-electron chi connectivity index (χ1n) is 16.7. The second-order valence-electron chi connectivity index (χ2n) is 11.8. The van der Waals surface area contributed by atoms with Crippen molar-refractivity contribution in [2.24, 2.45) is 0 Å². The van der Waals surface area contributed by atoms with Crippen molar-refractivity contribution in [1.29, 1.82) is 0 Å². The molecule has 1 heterocycles. The highest BCUT2D eigenvalue weighted by Gasteiger charge is 2.14. The van der Waals surface area contributed by atoms with Gasteiger partial charge in [-0.1, -0.05) is 149 Å². The van der Waals surface area contributed by atoms with Crippen LogP contribution < -0.4 is 4.57 Å². The Morgan fingerprint density at radius 2 is 0.806 bits per heavy atom. The van der Waals surface area contributed by atoms with Gasteiger partial charge in [0.15, 0.2) is 11.4 Å². The van der Waals surface area contributed by atoms with Crippen LogP contribution in [0.25, 0.3) is 0 Å². The fraction of sp³-hybridized carbons (Fsp3) is 0.857. The molecule has 0 bridgehead atoms. The van der Waals surface area contributed by atoms with Gasteiger partial charge < -0.3 is 0 Å². The maximum absolute atomic E-state index is 2.64. The Kier molecular flexibility index (Phi) is 22.6. The topological polar surface area (TPSA) is 3.88 Å². The number of unbranched alkanes of at least 4 members (excludes halogenated alkanes) is 22. The van der Waals surface area contributed by atoms with E-state index in [0.29, 0.717) is 0 Å². The molecule has 0 spiro atoms. The number of aromatic nitrogens is 1. The summed E-state index contributed by atoms with van der Waals surface area (Å²) >= 11 is 0. The van der Waals surface area contributed by atoms with E-state index in [-0.39, 0.29) is 0 Å². The number of hydrogen-bond donors (Lipinski definition) is 0. The second kappa shape index (κ2) is 24.5. The molecule has 0 saturated carbocycles. The summed E-state index contributed by atoms with van der Waals surface area (Å²) in [5.74, 6) is 0. The third kappa shape index (κ3) is 18.4. The molecule has 0 unspecified atom stereocenters. The molecule has 1 heteroatoms. The molecule has 1 nitrogen and oxygen atoms in total. The third-order valence-electron chi connectivity index (χ3n) is 8.13. The van der Waals surface area contributed by atoms with Crippen LogP contribution in [-0.2, 0) is 13.0 Å². The van der Waals surface area contributed by atoms with E-state index in [1.807, 2.05) is 0 Å². The lowest BCUT2D eigenvalue weighted by atomic mass is 10.0. The normalized spacial score (nSPS) is 11.4. The van der Waals surface area contributed by atoms with Crippen molar-refractivity contribution in [1.82, 2.24) is 0 Å². The van der Waals surface area contributed by atoms with Gasteiger partial charge >= 0.3 is 0 Å². The van der Waals surface area contributed by atoms with E-state index < -0.39 is 0 Å². The summed E-state index contributed by atoms with van der Waals surface area (Å²) in [6.45, 7) is 10.4. The number of aryl methyl sites for hydroxylation is 3. The lowest BCUT2D eigenvalue weighted by molar-refractivity contribution is -0.710. The van der Waals surface area contributed by atoms with Gasteiger partial charge in [-0.25, -0.2) is 4.57 Å². The Bertz CT molecular complexity index is 605. The quantitative estimate of drug-likeness (QED) is 0.0879. The largest absolute Gasteiger partial charge is 0.200 e. The zero-order valence-corrected chi connectivity index (χ0v) is 25.5. The molecular weight excluding hydrogens is 434 g/mol. The zero-order chi connectivity index (χ0) is 26.1. The zero-order valence-electron chi connectivity index (χ0n) is 25.5. The van der Waals surface area contributed by atoms with Gasteiger partial charge in [0.25, 0.3) is 0 Å². The lowest BCUT2D eigenvalue weighted by Crippen LogP contribution is -2.41. The van der Waals surface area contributed by atoms with E-state index in [0.717, 1.165) is 0 Å². The van der Waals surface area contributed by atoms with Gasteiger partial charge in [0.05, 0.1) is 0 Å². The first kappa shape index (κ1) is 33.2. The molecular formula is C35H66N+. The fourth-order valence-corrected chi connectivity index (χ4v) is 5.80. The summed E-state index contributed by atoms with van der Waals surface area (Å²) in [4.78, 5) is 0. The summed E-state index contributed by atoms with van der Waals surface area (Å²) in [6, 6.07) is 4.85. The Morgan fingerprint density at radius 1 is 0.444 bits per heavy atom. The van der Waals surface area contributed by atoms with Gasteiger partial charge in [0.1, 0.15) is 6.54 Å². The number of pyridine rings is 1. The van der Waals surface area contributed by atoms with Crippen LogP contribution in [0.3, 0.4) is 0 Å². The highest BCUT2D eigenvalue weighted by atomic mass is 15.0. The molecule has 0 atom stereocenters. The first-order valence-corrected chi connectivity index (χ1v) is 16.7. The molecule has 0 aliphatic rings. The van der Waals surface area contributed by atoms with Crippen LogP contribution >= 0.6 is 0 Å². The maximum atomic E-state index is 2.64. The van der Waals surface area contributed by atoms with Crippen molar-refractivity contribution in [3.63, 3.8) is 0 Å². The van der Waals surface area contributed by atoms with Gasteiger partial charge in [-0.15, -0.1) is 0 Å². The smallest absolute Gasteiger partial charge is 0.181 e. The highest BCUT2D eigenvalue weighted by Crippen LogP contribution is 2.15. The highest BCUT2D eigenvalue weighted by molar-refractivity contribution is 5.14. The summed E-state index contributed by atoms with van der Waals surface area (Å²) < 4.78 is 2.64. The molecule has 1 aromatic rings. The SMILES string of the molecule is CCCCCCCCCCCCCCc1cc(C)cc(C)[n+]1CCCCCCCCCCCCCC. The first-order chi connectivity index (χ1) is 17.7. The van der Waals surface area contributed by atoms with Crippen molar-refractivity contribution < 1.29 is 4.57 Å². The minimum Gasteiger partial charge on any atom is -0.200 e. The van der Waals surface area contributed by atoms with Gasteiger partial charge in [-0.05, 0) is 25.3 Å². The van der Waals surface area contributed by atoms with Crippen LogP contribution in [0.4, 0.5) is 0 Å². The molecule has 1 rings (SSSR count). The molecule has 1 aromatic heterocycles. The fourth-order valence-electron chi connectivity index (χ4n) is 5.80. The van der Waals surface area contributed by atoms with E-state index in [1.165, 1.54) is 178 Å². The van der Waals surface area contributed by atoms with Crippen LogP contribution in [-0.4, -0.2) is 0 Å². The van der Waals surface area contributed by atoms with E-state index >= 15 is 0 Å². The molecule has 0 aromatic carbocycles. The van der Waals surface area contributed by atoms with E-state index in [4.69, 9.17) is 0 Å². The summed E-state index contributed by atoms with van der Waals surface area (Å²) in [6.07, 6.45) is 35.6. The van der Waals surface area contributed by atoms with Crippen LogP contribution in [0.1, 0.15) is 185 Å².